The number of piperidine rings is 1. The number of carbonyl (C=O) groups is 2. The third-order valence-electron chi connectivity index (χ3n) is 5.59. The Hall–Kier alpha value is -2.08. The summed E-state index contributed by atoms with van der Waals surface area (Å²) in [7, 11) is 1.65. The van der Waals surface area contributed by atoms with Crippen LogP contribution in [0.1, 0.15) is 31.2 Å². The van der Waals surface area contributed by atoms with Crippen molar-refractivity contribution < 1.29 is 14.3 Å². The van der Waals surface area contributed by atoms with Gasteiger partial charge in [0.2, 0.25) is 11.8 Å². The quantitative estimate of drug-likeness (QED) is 0.853. The van der Waals surface area contributed by atoms with Gasteiger partial charge in [-0.1, -0.05) is 12.1 Å². The van der Waals surface area contributed by atoms with Crippen LogP contribution in [-0.2, 0) is 16.0 Å². The molecule has 1 aromatic rings. The van der Waals surface area contributed by atoms with Gasteiger partial charge < -0.3 is 19.9 Å². The van der Waals surface area contributed by atoms with Gasteiger partial charge in [0.05, 0.1) is 13.0 Å². The molecule has 2 heterocycles. The van der Waals surface area contributed by atoms with Gasteiger partial charge in [-0.15, -0.1) is 0 Å². The molecular weight excluding hydrogens is 342 g/mol. The first-order valence-corrected chi connectivity index (χ1v) is 10.1. The number of benzene rings is 1. The van der Waals surface area contributed by atoms with Gasteiger partial charge in [-0.3, -0.25) is 9.59 Å². The first kappa shape index (κ1) is 19.7. The molecule has 0 radical (unpaired) electrons. The average Bonchev–Trinajstić information content (AvgIpc) is 2.99. The van der Waals surface area contributed by atoms with Crippen LogP contribution in [0.25, 0.3) is 0 Å². The molecule has 0 bridgehead atoms. The number of nitrogens with zero attached hydrogens (tertiary/aromatic N) is 2. The molecule has 2 aliphatic heterocycles. The molecule has 148 valence electrons. The fraction of sp³-hybridized carbons (Fsp3) is 0.619. The zero-order valence-electron chi connectivity index (χ0n) is 16.3. The number of hydrogen-bond donors (Lipinski definition) is 1. The van der Waals surface area contributed by atoms with Gasteiger partial charge in [-0.05, 0) is 49.9 Å². The van der Waals surface area contributed by atoms with Gasteiger partial charge in [0, 0.05) is 39.1 Å². The van der Waals surface area contributed by atoms with E-state index >= 15 is 0 Å². The molecule has 1 N–H and O–H groups in total. The molecule has 2 fully saturated rings. The number of aryl methyl sites for hydroxylation is 1. The van der Waals surface area contributed by atoms with E-state index in [1.54, 1.807) is 7.11 Å². The summed E-state index contributed by atoms with van der Waals surface area (Å²) in [5.41, 5.74) is 1.14. The summed E-state index contributed by atoms with van der Waals surface area (Å²) in [6.45, 7) is 4.61. The highest BCUT2D eigenvalue weighted by molar-refractivity contribution is 5.80. The Morgan fingerprint density at radius 2 is 1.81 bits per heavy atom. The van der Waals surface area contributed by atoms with E-state index in [1.165, 1.54) is 0 Å². The number of ether oxygens (including phenoxy) is 1. The summed E-state index contributed by atoms with van der Waals surface area (Å²) in [5.74, 6) is 1.38. The molecule has 0 saturated carbocycles. The highest BCUT2D eigenvalue weighted by Gasteiger charge is 2.28. The van der Waals surface area contributed by atoms with Crippen LogP contribution >= 0.6 is 0 Å². The molecule has 6 heteroatoms. The highest BCUT2D eigenvalue weighted by atomic mass is 16.5. The van der Waals surface area contributed by atoms with Gasteiger partial charge in [-0.2, -0.15) is 0 Å². The Kier molecular flexibility index (Phi) is 7.10. The van der Waals surface area contributed by atoms with Crippen molar-refractivity contribution in [3.63, 3.8) is 0 Å². The monoisotopic (exact) mass is 373 g/mol. The topological polar surface area (TPSA) is 61.9 Å². The third kappa shape index (κ3) is 5.45. The van der Waals surface area contributed by atoms with E-state index in [1.807, 2.05) is 34.1 Å². The molecule has 3 rings (SSSR count). The van der Waals surface area contributed by atoms with Crippen LogP contribution < -0.4 is 10.1 Å². The number of methoxy groups -OCH3 is 1. The zero-order valence-corrected chi connectivity index (χ0v) is 16.3. The van der Waals surface area contributed by atoms with Crippen LogP contribution in [0.3, 0.4) is 0 Å². The Labute approximate surface area is 161 Å². The molecule has 1 unspecified atom stereocenters. The maximum atomic E-state index is 12.7. The number of nitrogens with one attached hydrogen (secondary N) is 1. The maximum absolute atomic E-state index is 12.7. The van der Waals surface area contributed by atoms with Crippen LogP contribution in [0.15, 0.2) is 24.3 Å². The molecule has 0 aromatic heterocycles. The normalized spacial score (nSPS) is 20.9. The van der Waals surface area contributed by atoms with Gasteiger partial charge in [0.15, 0.2) is 0 Å². The molecule has 0 aliphatic carbocycles. The van der Waals surface area contributed by atoms with Crippen molar-refractivity contribution in [3.8, 4) is 5.75 Å². The van der Waals surface area contributed by atoms with Crippen molar-refractivity contribution in [2.75, 3.05) is 46.4 Å². The van der Waals surface area contributed by atoms with Crippen molar-refractivity contribution in [1.29, 1.82) is 0 Å². The maximum Gasteiger partial charge on any atom is 0.227 e. The molecule has 0 spiro atoms. The Bertz CT molecular complexity index is 626. The van der Waals surface area contributed by atoms with E-state index in [0.717, 1.165) is 63.2 Å². The largest absolute Gasteiger partial charge is 0.497 e. The minimum Gasteiger partial charge on any atom is -0.497 e. The second-order valence-corrected chi connectivity index (χ2v) is 7.45. The lowest BCUT2D eigenvalue weighted by molar-refractivity contribution is -0.137. The van der Waals surface area contributed by atoms with E-state index in [2.05, 4.69) is 5.32 Å². The van der Waals surface area contributed by atoms with Crippen LogP contribution in [-0.4, -0.2) is 68.0 Å². The molecular formula is C21H31N3O3. The lowest BCUT2D eigenvalue weighted by atomic mass is 9.98. The van der Waals surface area contributed by atoms with Gasteiger partial charge in [0.25, 0.3) is 0 Å². The van der Waals surface area contributed by atoms with E-state index in [0.29, 0.717) is 19.5 Å². The minimum absolute atomic E-state index is 0.107. The highest BCUT2D eigenvalue weighted by Crippen LogP contribution is 2.16. The molecule has 6 nitrogen and oxygen atoms in total. The van der Waals surface area contributed by atoms with Crippen molar-refractivity contribution in [1.82, 2.24) is 15.1 Å². The first-order valence-electron chi connectivity index (χ1n) is 10.1. The summed E-state index contributed by atoms with van der Waals surface area (Å²) in [6.07, 6.45) is 4.15. The fourth-order valence-corrected chi connectivity index (χ4v) is 3.91. The number of hydrogen-bond acceptors (Lipinski definition) is 4. The minimum atomic E-state index is 0.107. The van der Waals surface area contributed by atoms with Crippen molar-refractivity contribution >= 4 is 11.8 Å². The van der Waals surface area contributed by atoms with Crippen LogP contribution in [0.4, 0.5) is 0 Å². The molecule has 1 aromatic carbocycles. The summed E-state index contributed by atoms with van der Waals surface area (Å²) in [6, 6.07) is 7.87. The number of amides is 2. The lowest BCUT2D eigenvalue weighted by Gasteiger charge is -2.29. The van der Waals surface area contributed by atoms with Gasteiger partial charge in [0.1, 0.15) is 5.75 Å². The fourth-order valence-electron chi connectivity index (χ4n) is 3.91. The Morgan fingerprint density at radius 3 is 2.52 bits per heavy atom. The average molecular weight is 373 g/mol. The van der Waals surface area contributed by atoms with E-state index in [4.69, 9.17) is 4.74 Å². The van der Waals surface area contributed by atoms with Crippen molar-refractivity contribution in [3.05, 3.63) is 29.8 Å². The lowest BCUT2D eigenvalue weighted by Crippen LogP contribution is -2.44. The van der Waals surface area contributed by atoms with E-state index < -0.39 is 0 Å². The standard InChI is InChI=1S/C21H31N3O3/c1-27-19-8-5-17(6-9-19)7-10-20(25)23-12-3-13-24(15-14-23)21(26)18-4-2-11-22-16-18/h5-6,8-9,18,22H,2-4,7,10-16H2,1H3. The molecule has 27 heavy (non-hydrogen) atoms. The summed E-state index contributed by atoms with van der Waals surface area (Å²) < 4.78 is 5.17. The Balaban J connectivity index is 1.46. The predicted molar refractivity (Wildman–Crippen MR) is 105 cm³/mol. The molecule has 2 saturated heterocycles. The molecule has 2 aliphatic rings. The van der Waals surface area contributed by atoms with E-state index in [9.17, 15) is 9.59 Å². The summed E-state index contributed by atoms with van der Waals surface area (Å²) >= 11 is 0. The Morgan fingerprint density at radius 1 is 1.07 bits per heavy atom. The van der Waals surface area contributed by atoms with Crippen LogP contribution in [0.2, 0.25) is 0 Å². The van der Waals surface area contributed by atoms with Crippen LogP contribution in [0, 0.1) is 5.92 Å². The SMILES string of the molecule is COc1ccc(CCC(=O)N2CCCN(C(=O)C3CCCNC3)CC2)cc1. The predicted octanol–water partition coefficient (Wildman–Crippen LogP) is 1.69. The van der Waals surface area contributed by atoms with Crippen molar-refractivity contribution in [2.45, 2.75) is 32.1 Å². The van der Waals surface area contributed by atoms with Crippen LogP contribution in [0.5, 0.6) is 5.75 Å². The molecule has 2 amide bonds. The van der Waals surface area contributed by atoms with Crippen molar-refractivity contribution in [2.24, 2.45) is 5.92 Å². The summed E-state index contributed by atoms with van der Waals surface area (Å²) in [4.78, 5) is 29.2. The second kappa shape index (κ2) is 9.74. The van der Waals surface area contributed by atoms with Gasteiger partial charge in [-0.25, -0.2) is 0 Å². The number of carbonyl (C=O) groups excluding carboxylic acids is 2. The molecule has 1 atom stereocenters. The zero-order chi connectivity index (χ0) is 19.1. The van der Waals surface area contributed by atoms with Gasteiger partial charge >= 0.3 is 0 Å². The summed E-state index contributed by atoms with van der Waals surface area (Å²) in [5, 5.41) is 3.32. The second-order valence-electron chi connectivity index (χ2n) is 7.45. The van der Waals surface area contributed by atoms with E-state index in [-0.39, 0.29) is 17.7 Å². The number of rotatable bonds is 5. The first-order chi connectivity index (χ1) is 13.2. The third-order valence-corrected chi connectivity index (χ3v) is 5.59. The smallest absolute Gasteiger partial charge is 0.227 e.